The van der Waals surface area contributed by atoms with Gasteiger partial charge in [0.1, 0.15) is 23.3 Å². The number of hydrogen-bond acceptors (Lipinski definition) is 4. The molecule has 1 aliphatic heterocycles. The van der Waals surface area contributed by atoms with Gasteiger partial charge in [0.2, 0.25) is 5.88 Å². The topological polar surface area (TPSA) is 71.5 Å². The lowest BCUT2D eigenvalue weighted by Gasteiger charge is -2.18. The Morgan fingerprint density at radius 2 is 2.11 bits per heavy atom. The van der Waals surface area contributed by atoms with E-state index in [4.69, 9.17) is 4.74 Å². The fourth-order valence-electron chi connectivity index (χ4n) is 2.91. The number of benzene rings is 1. The van der Waals surface area contributed by atoms with Gasteiger partial charge in [0.05, 0.1) is 12.1 Å². The van der Waals surface area contributed by atoms with Crippen molar-refractivity contribution < 1.29 is 23.1 Å². The number of rotatable bonds is 5. The number of hydrogen-bond donors (Lipinski definition) is 1. The van der Waals surface area contributed by atoms with E-state index in [1.54, 1.807) is 19.1 Å². The molecule has 142 valence electrons. The molecular formula is C19H19F2N3O3. The Labute approximate surface area is 155 Å². The van der Waals surface area contributed by atoms with E-state index in [2.05, 4.69) is 10.3 Å². The van der Waals surface area contributed by atoms with E-state index in [0.29, 0.717) is 25.1 Å². The summed E-state index contributed by atoms with van der Waals surface area (Å²) in [5, 5.41) is 2.69. The Balaban J connectivity index is 1.70. The van der Waals surface area contributed by atoms with Crippen LogP contribution >= 0.6 is 0 Å². The highest BCUT2D eigenvalue weighted by Crippen LogP contribution is 2.22. The van der Waals surface area contributed by atoms with Gasteiger partial charge in [0.25, 0.3) is 11.8 Å². The summed E-state index contributed by atoms with van der Waals surface area (Å²) >= 11 is 0. The molecule has 0 radical (unpaired) electrons. The zero-order valence-corrected chi connectivity index (χ0v) is 14.7. The number of amides is 2. The lowest BCUT2D eigenvalue weighted by atomic mass is 10.2. The molecule has 1 saturated heterocycles. The van der Waals surface area contributed by atoms with E-state index in [1.165, 1.54) is 11.1 Å². The number of aromatic nitrogens is 1. The molecular weight excluding hydrogens is 356 g/mol. The first-order valence-electron chi connectivity index (χ1n) is 8.63. The molecule has 1 aromatic heterocycles. The molecule has 0 bridgehead atoms. The van der Waals surface area contributed by atoms with Crippen molar-refractivity contribution in [2.45, 2.75) is 19.4 Å². The third kappa shape index (κ3) is 4.21. The molecule has 1 N–H and O–H groups in total. The molecule has 2 aromatic rings. The molecule has 1 unspecified atom stereocenters. The van der Waals surface area contributed by atoms with E-state index in [1.807, 2.05) is 0 Å². The third-order valence-corrected chi connectivity index (χ3v) is 4.22. The van der Waals surface area contributed by atoms with Gasteiger partial charge in [-0.3, -0.25) is 9.59 Å². The van der Waals surface area contributed by atoms with Crippen LogP contribution < -0.4 is 10.1 Å². The Bertz CT molecular complexity index is 860. The molecule has 1 aliphatic rings. The molecule has 0 aliphatic carbocycles. The second kappa shape index (κ2) is 8.11. The molecule has 3 rings (SSSR count). The molecule has 0 saturated carbocycles. The quantitative estimate of drug-likeness (QED) is 0.871. The number of ether oxygens (including phenoxy) is 1. The van der Waals surface area contributed by atoms with Crippen LogP contribution in [0.5, 0.6) is 5.88 Å². The predicted octanol–water partition coefficient (Wildman–Crippen LogP) is 2.40. The van der Waals surface area contributed by atoms with Crippen LogP contribution in [0, 0.1) is 11.6 Å². The fourth-order valence-corrected chi connectivity index (χ4v) is 2.91. The minimum absolute atomic E-state index is 0.180. The van der Waals surface area contributed by atoms with Crippen LogP contribution in [0.2, 0.25) is 0 Å². The maximum Gasteiger partial charge on any atom is 0.257 e. The van der Waals surface area contributed by atoms with Crippen LogP contribution in [-0.2, 0) is 0 Å². The van der Waals surface area contributed by atoms with Gasteiger partial charge >= 0.3 is 0 Å². The number of nitrogens with zero attached hydrogens (tertiary/aromatic N) is 2. The summed E-state index contributed by atoms with van der Waals surface area (Å²) in [5.41, 5.74) is -0.00296. The standard InChI is InChI=1S/C19H19F2N3O3/c1-2-22-17(25)14-4-3-8-23-18(14)27-13-7-9-24(11-13)19(26)15-10-12(20)5-6-16(15)21/h3-6,8,10,13H,2,7,9,11H2,1H3,(H,22,25). The first kappa shape index (κ1) is 18.8. The molecule has 8 heteroatoms. The minimum Gasteiger partial charge on any atom is -0.472 e. The molecule has 27 heavy (non-hydrogen) atoms. The summed E-state index contributed by atoms with van der Waals surface area (Å²) in [4.78, 5) is 30.1. The third-order valence-electron chi connectivity index (χ3n) is 4.22. The average molecular weight is 375 g/mol. The molecule has 2 heterocycles. The number of carbonyl (C=O) groups excluding carboxylic acids is 2. The molecule has 1 aromatic carbocycles. The van der Waals surface area contributed by atoms with Gasteiger partial charge in [0.15, 0.2) is 0 Å². The van der Waals surface area contributed by atoms with E-state index in [0.717, 1.165) is 18.2 Å². The largest absolute Gasteiger partial charge is 0.472 e. The molecule has 6 nitrogen and oxygen atoms in total. The monoisotopic (exact) mass is 375 g/mol. The lowest BCUT2D eigenvalue weighted by molar-refractivity contribution is 0.0763. The zero-order valence-electron chi connectivity index (χ0n) is 14.7. The van der Waals surface area contributed by atoms with Crippen LogP contribution in [0.3, 0.4) is 0 Å². The van der Waals surface area contributed by atoms with Crippen LogP contribution in [0.1, 0.15) is 34.1 Å². The predicted molar refractivity (Wildman–Crippen MR) is 93.5 cm³/mol. The number of nitrogens with one attached hydrogen (secondary N) is 1. The summed E-state index contributed by atoms with van der Waals surface area (Å²) in [5.74, 6) is -2.16. The molecule has 2 amide bonds. The maximum atomic E-state index is 13.8. The summed E-state index contributed by atoms with van der Waals surface area (Å²) in [6, 6.07) is 6.02. The van der Waals surface area contributed by atoms with E-state index < -0.39 is 23.6 Å². The van der Waals surface area contributed by atoms with Crippen LogP contribution in [0.25, 0.3) is 0 Å². The number of halogens is 2. The highest BCUT2D eigenvalue weighted by molar-refractivity contribution is 5.96. The van der Waals surface area contributed by atoms with Crippen LogP contribution in [0.15, 0.2) is 36.5 Å². The Kier molecular flexibility index (Phi) is 5.63. The first-order valence-corrected chi connectivity index (χ1v) is 8.63. The van der Waals surface area contributed by atoms with Gasteiger partial charge in [-0.2, -0.15) is 0 Å². The van der Waals surface area contributed by atoms with Crippen molar-refractivity contribution in [1.29, 1.82) is 0 Å². The number of carbonyl (C=O) groups is 2. The SMILES string of the molecule is CCNC(=O)c1cccnc1OC1CCN(C(=O)c2cc(F)ccc2F)C1. The summed E-state index contributed by atoms with van der Waals surface area (Å²) in [7, 11) is 0. The van der Waals surface area contributed by atoms with Gasteiger partial charge in [-0.25, -0.2) is 13.8 Å². The van der Waals surface area contributed by atoms with E-state index in [-0.39, 0.29) is 23.9 Å². The summed E-state index contributed by atoms with van der Waals surface area (Å²) < 4.78 is 33.0. The van der Waals surface area contributed by atoms with Gasteiger partial charge in [-0.05, 0) is 37.3 Å². The Hall–Kier alpha value is -3.03. The lowest BCUT2D eigenvalue weighted by Crippen LogP contribution is -2.32. The van der Waals surface area contributed by atoms with Crippen molar-refractivity contribution in [2.75, 3.05) is 19.6 Å². The normalized spacial score (nSPS) is 16.3. The Morgan fingerprint density at radius 1 is 1.30 bits per heavy atom. The van der Waals surface area contributed by atoms with E-state index in [9.17, 15) is 18.4 Å². The number of likely N-dealkylation sites (tertiary alicyclic amines) is 1. The summed E-state index contributed by atoms with van der Waals surface area (Å²) in [6.45, 7) is 2.81. The average Bonchev–Trinajstić information content (AvgIpc) is 3.12. The van der Waals surface area contributed by atoms with Crippen LogP contribution in [0.4, 0.5) is 8.78 Å². The highest BCUT2D eigenvalue weighted by Gasteiger charge is 2.30. The zero-order chi connectivity index (χ0) is 19.4. The molecule has 1 atom stereocenters. The van der Waals surface area contributed by atoms with Crippen molar-refractivity contribution in [1.82, 2.24) is 15.2 Å². The van der Waals surface area contributed by atoms with Crippen molar-refractivity contribution in [2.24, 2.45) is 0 Å². The number of pyridine rings is 1. The highest BCUT2D eigenvalue weighted by atomic mass is 19.1. The molecule has 1 fully saturated rings. The maximum absolute atomic E-state index is 13.8. The van der Waals surface area contributed by atoms with Gasteiger partial charge in [-0.15, -0.1) is 0 Å². The Morgan fingerprint density at radius 3 is 2.89 bits per heavy atom. The smallest absolute Gasteiger partial charge is 0.257 e. The first-order chi connectivity index (χ1) is 13.0. The fraction of sp³-hybridized carbons (Fsp3) is 0.316. The van der Waals surface area contributed by atoms with Gasteiger partial charge in [0, 0.05) is 25.7 Å². The second-order valence-corrected chi connectivity index (χ2v) is 6.12. The van der Waals surface area contributed by atoms with Crippen LogP contribution in [-0.4, -0.2) is 47.4 Å². The minimum atomic E-state index is -0.769. The van der Waals surface area contributed by atoms with Crippen molar-refractivity contribution in [3.05, 3.63) is 59.3 Å². The van der Waals surface area contributed by atoms with Crippen molar-refractivity contribution in [3.63, 3.8) is 0 Å². The van der Waals surface area contributed by atoms with Crippen molar-refractivity contribution in [3.8, 4) is 5.88 Å². The van der Waals surface area contributed by atoms with E-state index >= 15 is 0 Å². The van der Waals surface area contributed by atoms with Gasteiger partial charge < -0.3 is 15.0 Å². The van der Waals surface area contributed by atoms with Crippen molar-refractivity contribution >= 4 is 11.8 Å². The molecule has 0 spiro atoms. The summed E-state index contributed by atoms with van der Waals surface area (Å²) in [6.07, 6.45) is 1.61. The second-order valence-electron chi connectivity index (χ2n) is 6.12. The van der Waals surface area contributed by atoms with Gasteiger partial charge in [-0.1, -0.05) is 0 Å².